The molecule has 1 aromatic heterocycles. The Morgan fingerprint density at radius 3 is 2.77 bits per heavy atom. The normalized spacial score (nSPS) is 17.2. The highest BCUT2D eigenvalue weighted by atomic mass is 16.2. The summed E-state index contributed by atoms with van der Waals surface area (Å²) in [5.74, 6) is -0.416. The quantitative estimate of drug-likeness (QED) is 0.576. The van der Waals surface area contributed by atoms with E-state index in [4.69, 9.17) is 0 Å². The summed E-state index contributed by atoms with van der Waals surface area (Å²) in [5, 5.41) is 4.13. The lowest BCUT2D eigenvalue weighted by Crippen LogP contribution is -2.57. The highest BCUT2D eigenvalue weighted by molar-refractivity contribution is 6.09. The maximum atomic E-state index is 13.5. The third kappa shape index (κ3) is 4.36. The summed E-state index contributed by atoms with van der Waals surface area (Å²) in [6, 6.07) is 13.3. The molecule has 8 heteroatoms. The molecule has 0 aliphatic carbocycles. The van der Waals surface area contributed by atoms with Gasteiger partial charge < -0.3 is 20.1 Å². The predicted molar refractivity (Wildman–Crippen MR) is 137 cm³/mol. The molecule has 2 aliphatic heterocycles. The molecular weight excluding hydrogens is 442 g/mol. The number of para-hydroxylation sites is 1. The first-order chi connectivity index (χ1) is 16.9. The summed E-state index contributed by atoms with van der Waals surface area (Å²) in [5.41, 5.74) is 4.26. The molecule has 1 atom stereocenters. The number of nitrogens with zero attached hydrogens (tertiary/aromatic N) is 3. The van der Waals surface area contributed by atoms with Crippen molar-refractivity contribution in [2.75, 3.05) is 43.5 Å². The van der Waals surface area contributed by atoms with Gasteiger partial charge in [0.25, 0.3) is 5.91 Å². The number of anilines is 2. The monoisotopic (exact) mass is 473 g/mol. The van der Waals surface area contributed by atoms with Crippen molar-refractivity contribution in [1.82, 2.24) is 15.2 Å². The summed E-state index contributed by atoms with van der Waals surface area (Å²) >= 11 is 0. The fraction of sp³-hybridized carbons (Fsp3) is 0.370. The lowest BCUT2D eigenvalue weighted by atomic mass is 9.95. The van der Waals surface area contributed by atoms with Crippen LogP contribution in [0.2, 0.25) is 0 Å². The van der Waals surface area contributed by atoms with Gasteiger partial charge in [-0.15, -0.1) is 0 Å². The zero-order valence-corrected chi connectivity index (χ0v) is 20.2. The summed E-state index contributed by atoms with van der Waals surface area (Å²) < 4.78 is 0. The van der Waals surface area contributed by atoms with Crippen LogP contribution in [0.1, 0.15) is 35.2 Å². The molecule has 182 valence electrons. The minimum Gasteiger partial charge on any atom is -0.361 e. The van der Waals surface area contributed by atoms with Crippen LogP contribution in [0.25, 0.3) is 10.9 Å². The summed E-state index contributed by atoms with van der Waals surface area (Å²) in [7, 11) is 3.40. The van der Waals surface area contributed by atoms with Gasteiger partial charge in [-0.05, 0) is 55.5 Å². The number of hydrogen-bond acceptors (Lipinski definition) is 4. The largest absolute Gasteiger partial charge is 0.361 e. The third-order valence-corrected chi connectivity index (χ3v) is 6.98. The van der Waals surface area contributed by atoms with Gasteiger partial charge in [0.15, 0.2) is 0 Å². The summed E-state index contributed by atoms with van der Waals surface area (Å²) in [4.78, 5) is 47.5. The van der Waals surface area contributed by atoms with Crippen molar-refractivity contribution in [3.8, 4) is 0 Å². The zero-order chi connectivity index (χ0) is 24.5. The molecule has 2 aliphatic rings. The number of benzene rings is 2. The highest BCUT2D eigenvalue weighted by Crippen LogP contribution is 2.40. The van der Waals surface area contributed by atoms with Crippen molar-refractivity contribution < 1.29 is 14.4 Å². The van der Waals surface area contributed by atoms with E-state index in [9.17, 15) is 14.4 Å². The number of nitrogens with one attached hydrogen (secondary N) is 2. The van der Waals surface area contributed by atoms with E-state index in [1.54, 1.807) is 25.1 Å². The number of H-pyrrole nitrogens is 1. The first kappa shape index (κ1) is 23.0. The second kappa shape index (κ2) is 9.44. The van der Waals surface area contributed by atoms with Crippen molar-refractivity contribution in [2.45, 2.75) is 31.7 Å². The Morgan fingerprint density at radius 2 is 1.94 bits per heavy atom. The number of rotatable bonds is 6. The molecule has 0 spiro atoms. The maximum absolute atomic E-state index is 13.5. The van der Waals surface area contributed by atoms with E-state index in [2.05, 4.69) is 21.3 Å². The minimum absolute atomic E-state index is 0.0658. The molecule has 1 saturated heterocycles. The van der Waals surface area contributed by atoms with Crippen LogP contribution in [0.5, 0.6) is 0 Å². The summed E-state index contributed by atoms with van der Waals surface area (Å²) in [6.07, 6.45) is 5.45. The molecule has 0 bridgehead atoms. The Labute approximate surface area is 204 Å². The Morgan fingerprint density at radius 1 is 1.11 bits per heavy atom. The van der Waals surface area contributed by atoms with E-state index in [1.807, 2.05) is 36.5 Å². The molecule has 3 heterocycles. The van der Waals surface area contributed by atoms with Gasteiger partial charge in [0, 0.05) is 49.8 Å². The Balaban J connectivity index is 1.34. The fourth-order valence-electron chi connectivity index (χ4n) is 5.19. The van der Waals surface area contributed by atoms with Crippen molar-refractivity contribution in [3.63, 3.8) is 0 Å². The summed E-state index contributed by atoms with van der Waals surface area (Å²) in [6.45, 7) is 1.21. The molecular formula is C27H31N5O3. The van der Waals surface area contributed by atoms with Gasteiger partial charge in [-0.25, -0.2) is 0 Å². The van der Waals surface area contributed by atoms with Crippen molar-refractivity contribution in [1.29, 1.82) is 0 Å². The van der Waals surface area contributed by atoms with E-state index in [0.29, 0.717) is 24.2 Å². The van der Waals surface area contributed by atoms with Crippen LogP contribution >= 0.6 is 0 Å². The molecule has 35 heavy (non-hydrogen) atoms. The number of piperidine rings is 1. The topological polar surface area (TPSA) is 88.7 Å². The number of amides is 3. The van der Waals surface area contributed by atoms with Crippen molar-refractivity contribution >= 4 is 40.0 Å². The third-order valence-electron chi connectivity index (χ3n) is 6.98. The SMILES string of the molecule is CN(C)C(=O)c1ccc2c(c1)N(CC(=O)NCCc1c[nH]c3ccccc13)C(=O)C1CCCCN21. The van der Waals surface area contributed by atoms with E-state index in [0.717, 1.165) is 48.0 Å². The zero-order valence-electron chi connectivity index (χ0n) is 20.2. The van der Waals surface area contributed by atoms with Crippen molar-refractivity contribution in [3.05, 3.63) is 59.8 Å². The van der Waals surface area contributed by atoms with Gasteiger partial charge >= 0.3 is 0 Å². The van der Waals surface area contributed by atoms with Gasteiger partial charge in [-0.3, -0.25) is 19.3 Å². The molecule has 3 amide bonds. The van der Waals surface area contributed by atoms with Crippen LogP contribution in [0, 0.1) is 0 Å². The first-order valence-electron chi connectivity index (χ1n) is 12.2. The number of aromatic amines is 1. The Kier molecular flexibility index (Phi) is 6.19. The van der Waals surface area contributed by atoms with Crippen LogP contribution in [-0.4, -0.2) is 67.4 Å². The average molecular weight is 474 g/mol. The number of carbonyl (C=O) groups is 3. The van der Waals surface area contributed by atoms with Gasteiger partial charge in [-0.1, -0.05) is 18.2 Å². The fourth-order valence-corrected chi connectivity index (χ4v) is 5.19. The molecule has 3 aromatic rings. The molecule has 2 N–H and O–H groups in total. The maximum Gasteiger partial charge on any atom is 0.253 e. The lowest BCUT2D eigenvalue weighted by Gasteiger charge is -2.45. The average Bonchev–Trinajstić information content (AvgIpc) is 3.29. The number of fused-ring (bicyclic) bond motifs is 4. The molecule has 8 nitrogen and oxygen atoms in total. The van der Waals surface area contributed by atoms with Crippen molar-refractivity contribution in [2.24, 2.45) is 0 Å². The smallest absolute Gasteiger partial charge is 0.253 e. The first-order valence-corrected chi connectivity index (χ1v) is 12.2. The lowest BCUT2D eigenvalue weighted by molar-refractivity contribution is -0.124. The number of hydrogen-bond donors (Lipinski definition) is 2. The van der Waals surface area contributed by atoms with Crippen LogP contribution < -0.4 is 15.1 Å². The van der Waals surface area contributed by atoms with E-state index in [-0.39, 0.29) is 30.3 Å². The Bertz CT molecular complexity index is 1280. The van der Waals surface area contributed by atoms with Gasteiger partial charge in [0.1, 0.15) is 12.6 Å². The van der Waals surface area contributed by atoms with Crippen LogP contribution in [0.4, 0.5) is 11.4 Å². The second-order valence-electron chi connectivity index (χ2n) is 9.49. The second-order valence-corrected chi connectivity index (χ2v) is 9.49. The van der Waals surface area contributed by atoms with E-state index < -0.39 is 0 Å². The number of carbonyl (C=O) groups excluding carboxylic acids is 3. The van der Waals surface area contributed by atoms with Gasteiger partial charge in [0.05, 0.1) is 11.4 Å². The minimum atomic E-state index is -0.259. The Hall–Kier alpha value is -3.81. The molecule has 1 fully saturated rings. The standard InChI is InChI=1S/C27H31N5O3/c1-30(2)26(34)18-10-11-22-24(15-18)32(27(35)23-9-5-6-14-31(22)23)17-25(33)28-13-12-19-16-29-21-8-4-3-7-20(19)21/h3-4,7-8,10-11,15-16,23,29H,5-6,9,12-14,17H2,1-2H3,(H,28,33). The molecule has 0 saturated carbocycles. The van der Waals surface area contributed by atoms with Crippen LogP contribution in [0.15, 0.2) is 48.7 Å². The van der Waals surface area contributed by atoms with Gasteiger partial charge in [-0.2, -0.15) is 0 Å². The van der Waals surface area contributed by atoms with Crippen LogP contribution in [-0.2, 0) is 16.0 Å². The molecule has 0 radical (unpaired) electrons. The molecule has 2 aromatic carbocycles. The van der Waals surface area contributed by atoms with E-state index >= 15 is 0 Å². The van der Waals surface area contributed by atoms with Gasteiger partial charge in [0.2, 0.25) is 11.8 Å². The molecule has 5 rings (SSSR count). The van der Waals surface area contributed by atoms with Crippen LogP contribution in [0.3, 0.4) is 0 Å². The van der Waals surface area contributed by atoms with E-state index in [1.165, 1.54) is 4.90 Å². The molecule has 1 unspecified atom stereocenters. The number of aromatic nitrogens is 1. The predicted octanol–water partition coefficient (Wildman–Crippen LogP) is 2.93. The highest BCUT2D eigenvalue weighted by Gasteiger charge is 2.40.